The van der Waals surface area contributed by atoms with Gasteiger partial charge in [0.25, 0.3) is 0 Å². The average molecular weight is 276 g/mol. The Morgan fingerprint density at radius 3 is 2.94 bits per heavy atom. The summed E-state index contributed by atoms with van der Waals surface area (Å²) in [5, 5.41) is 9.34. The van der Waals surface area contributed by atoms with Crippen LogP contribution >= 0.6 is 11.8 Å². The Bertz CT molecular complexity index is 418. The molecule has 1 atom stereocenters. The summed E-state index contributed by atoms with van der Waals surface area (Å²) in [5.74, 6) is -0.187. The summed E-state index contributed by atoms with van der Waals surface area (Å²) in [5.41, 5.74) is 1.000. The second-order valence-corrected chi connectivity index (χ2v) is 6.14. The normalized spacial score (nSPS) is 12.6. The number of carboxylic acid groups (broad SMARTS) is 1. The molecule has 1 rings (SSSR count). The van der Waals surface area contributed by atoms with Crippen molar-refractivity contribution in [1.29, 1.82) is 0 Å². The molecule has 0 radical (unpaired) electrons. The van der Waals surface area contributed by atoms with Crippen molar-refractivity contribution in [3.8, 4) is 0 Å². The highest BCUT2D eigenvalue weighted by Crippen LogP contribution is 2.18. The zero-order valence-corrected chi connectivity index (χ0v) is 11.5. The van der Waals surface area contributed by atoms with Crippen LogP contribution < -0.4 is 0 Å². The minimum atomic E-state index is -0.850. The predicted molar refractivity (Wildman–Crippen MR) is 68.9 cm³/mol. The number of carboxylic acids is 1. The molecule has 0 aliphatic rings. The first kappa shape index (κ1) is 14.2. The zero-order valence-electron chi connectivity index (χ0n) is 9.88. The van der Waals surface area contributed by atoms with E-state index in [1.54, 1.807) is 12.5 Å². The first-order chi connectivity index (χ1) is 8.00. The minimum Gasteiger partial charge on any atom is -0.481 e. The van der Waals surface area contributed by atoms with Gasteiger partial charge in [-0.2, -0.15) is 0 Å². The summed E-state index contributed by atoms with van der Waals surface area (Å²) >= 11 is 1.21. The molecule has 96 valence electrons. The van der Waals surface area contributed by atoms with Crippen LogP contribution in [0.3, 0.4) is 0 Å². The van der Waals surface area contributed by atoms with Gasteiger partial charge < -0.3 is 9.67 Å². The van der Waals surface area contributed by atoms with E-state index >= 15 is 0 Å². The molecule has 0 aromatic carbocycles. The maximum atomic E-state index is 11.0. The largest absolute Gasteiger partial charge is 0.481 e. The second-order valence-electron chi connectivity index (χ2n) is 3.65. The second kappa shape index (κ2) is 6.80. The number of hydrogen-bond donors (Lipinski definition) is 1. The molecule has 5 nitrogen and oxygen atoms in total. The topological polar surface area (TPSA) is 72.2 Å². The predicted octanol–water partition coefficient (Wildman–Crippen LogP) is 1.14. The molecule has 1 heterocycles. The summed E-state index contributed by atoms with van der Waals surface area (Å²) in [4.78, 5) is 14.7. The van der Waals surface area contributed by atoms with Crippen LogP contribution in [-0.4, -0.2) is 42.6 Å². The van der Waals surface area contributed by atoms with Crippen LogP contribution in [0.4, 0.5) is 0 Å². The number of nitrogens with zero attached hydrogens (tertiary/aromatic N) is 2. The third kappa shape index (κ3) is 4.91. The van der Waals surface area contributed by atoms with Gasteiger partial charge in [0.1, 0.15) is 0 Å². The molecule has 0 bridgehead atoms. The Balaban J connectivity index is 2.59. The molecule has 1 aromatic heterocycles. The lowest BCUT2D eigenvalue weighted by Crippen LogP contribution is -2.07. The van der Waals surface area contributed by atoms with Crippen LogP contribution in [0.25, 0.3) is 0 Å². The highest BCUT2D eigenvalue weighted by molar-refractivity contribution is 7.99. The highest BCUT2D eigenvalue weighted by Gasteiger charge is 2.09. The van der Waals surface area contributed by atoms with Crippen molar-refractivity contribution in [2.24, 2.45) is 0 Å². The van der Waals surface area contributed by atoms with Crippen molar-refractivity contribution < 1.29 is 14.1 Å². The zero-order chi connectivity index (χ0) is 12.8. The Morgan fingerprint density at radius 1 is 1.65 bits per heavy atom. The Morgan fingerprint density at radius 2 is 2.35 bits per heavy atom. The van der Waals surface area contributed by atoms with E-state index in [2.05, 4.69) is 4.98 Å². The van der Waals surface area contributed by atoms with Gasteiger partial charge in [0.15, 0.2) is 5.16 Å². The molecule has 1 unspecified atom stereocenters. The summed E-state index contributed by atoms with van der Waals surface area (Å²) in [6.07, 6.45) is 4.22. The number of aromatic nitrogens is 2. The molecular weight excluding hydrogens is 260 g/mol. The van der Waals surface area contributed by atoms with Gasteiger partial charge in [0.05, 0.1) is 5.75 Å². The molecule has 0 spiro atoms. The summed E-state index contributed by atoms with van der Waals surface area (Å²) < 4.78 is 12.9. The molecule has 1 aromatic rings. The van der Waals surface area contributed by atoms with Gasteiger partial charge in [-0.15, -0.1) is 0 Å². The van der Waals surface area contributed by atoms with E-state index in [0.29, 0.717) is 10.9 Å². The first-order valence-corrected chi connectivity index (χ1v) is 7.88. The van der Waals surface area contributed by atoms with E-state index in [1.807, 2.05) is 11.5 Å². The van der Waals surface area contributed by atoms with Gasteiger partial charge in [-0.1, -0.05) is 11.8 Å². The van der Waals surface area contributed by atoms with Crippen molar-refractivity contribution in [2.75, 3.05) is 17.8 Å². The highest BCUT2D eigenvalue weighted by atomic mass is 32.2. The molecule has 7 heteroatoms. The van der Waals surface area contributed by atoms with E-state index in [-0.39, 0.29) is 5.75 Å². The van der Waals surface area contributed by atoms with Crippen molar-refractivity contribution in [3.63, 3.8) is 0 Å². The van der Waals surface area contributed by atoms with Gasteiger partial charge in [0.2, 0.25) is 0 Å². The van der Waals surface area contributed by atoms with Crippen LogP contribution in [0.1, 0.15) is 12.1 Å². The number of carbonyl (C=O) groups is 1. The number of aryl methyl sites for hydroxylation is 1. The number of aliphatic carboxylic acids is 1. The fraction of sp³-hybridized carbons (Fsp3) is 0.600. The van der Waals surface area contributed by atoms with E-state index in [1.165, 1.54) is 11.8 Å². The summed E-state index contributed by atoms with van der Waals surface area (Å²) in [6, 6.07) is 0. The van der Waals surface area contributed by atoms with Gasteiger partial charge in [-0.25, -0.2) is 4.98 Å². The van der Waals surface area contributed by atoms with E-state index < -0.39 is 16.8 Å². The van der Waals surface area contributed by atoms with Crippen LogP contribution in [0.2, 0.25) is 0 Å². The third-order valence-electron chi connectivity index (χ3n) is 2.16. The molecule has 0 saturated carbocycles. The number of rotatable bonds is 7. The minimum absolute atomic E-state index is 0.0101. The maximum absolute atomic E-state index is 11.0. The SMILES string of the molecule is Cc1cnc(SCC(=O)O)n1CCCS(C)=O. The molecule has 17 heavy (non-hydrogen) atoms. The smallest absolute Gasteiger partial charge is 0.313 e. The molecule has 1 N–H and O–H groups in total. The van der Waals surface area contributed by atoms with Crippen molar-refractivity contribution in [1.82, 2.24) is 9.55 Å². The number of imidazole rings is 1. The number of thioether (sulfide) groups is 1. The summed E-state index contributed by atoms with van der Waals surface area (Å²) in [7, 11) is -0.786. The summed E-state index contributed by atoms with van der Waals surface area (Å²) in [6.45, 7) is 2.66. The van der Waals surface area contributed by atoms with Crippen LogP contribution in [0, 0.1) is 6.92 Å². The third-order valence-corrected chi connectivity index (χ3v) is 4.00. The van der Waals surface area contributed by atoms with Crippen molar-refractivity contribution >= 4 is 28.5 Å². The molecule has 0 amide bonds. The van der Waals surface area contributed by atoms with Gasteiger partial charge in [-0.05, 0) is 13.3 Å². The molecular formula is C10H16N2O3S2. The van der Waals surface area contributed by atoms with Gasteiger partial charge >= 0.3 is 5.97 Å². The standard InChI is InChI=1S/C10H16N2O3S2/c1-8-6-11-10(16-7-9(13)14)12(8)4-3-5-17(2)15/h6H,3-5,7H2,1-2H3,(H,13,14). The molecule has 0 saturated heterocycles. The van der Waals surface area contributed by atoms with Crippen molar-refractivity contribution in [2.45, 2.75) is 25.0 Å². The lowest BCUT2D eigenvalue weighted by molar-refractivity contribution is -0.133. The molecule has 0 aliphatic heterocycles. The van der Waals surface area contributed by atoms with Gasteiger partial charge in [-0.3, -0.25) is 9.00 Å². The van der Waals surface area contributed by atoms with E-state index in [9.17, 15) is 9.00 Å². The fourth-order valence-electron chi connectivity index (χ4n) is 1.38. The quantitative estimate of drug-likeness (QED) is 0.756. The monoisotopic (exact) mass is 276 g/mol. The molecule has 0 fully saturated rings. The lowest BCUT2D eigenvalue weighted by Gasteiger charge is -2.08. The van der Waals surface area contributed by atoms with Crippen LogP contribution in [-0.2, 0) is 22.1 Å². The Hall–Kier alpha value is -0.820. The van der Waals surface area contributed by atoms with Crippen LogP contribution in [0.5, 0.6) is 0 Å². The average Bonchev–Trinajstić information content (AvgIpc) is 2.57. The van der Waals surface area contributed by atoms with E-state index in [4.69, 9.17) is 5.11 Å². The lowest BCUT2D eigenvalue weighted by atomic mass is 10.4. The fourth-order valence-corrected chi connectivity index (χ4v) is 2.68. The Labute approximate surface area is 107 Å². The first-order valence-electron chi connectivity index (χ1n) is 5.17. The Kier molecular flexibility index (Phi) is 5.70. The number of hydrogen-bond acceptors (Lipinski definition) is 4. The van der Waals surface area contributed by atoms with Crippen molar-refractivity contribution in [3.05, 3.63) is 11.9 Å². The van der Waals surface area contributed by atoms with E-state index in [0.717, 1.165) is 18.7 Å². The maximum Gasteiger partial charge on any atom is 0.313 e. The van der Waals surface area contributed by atoms with Gasteiger partial charge in [0, 0.05) is 41.2 Å². The van der Waals surface area contributed by atoms with Crippen LogP contribution in [0.15, 0.2) is 11.4 Å². The molecule has 0 aliphatic carbocycles.